The van der Waals surface area contributed by atoms with Gasteiger partial charge in [-0.2, -0.15) is 0 Å². The monoisotopic (exact) mass is 593 g/mol. The molecule has 0 bridgehead atoms. The Morgan fingerprint density at radius 2 is 1.82 bits per heavy atom. The van der Waals surface area contributed by atoms with Crippen molar-refractivity contribution in [2.75, 3.05) is 19.6 Å². The predicted octanol–water partition coefficient (Wildman–Crippen LogP) is 5.34. The summed E-state index contributed by atoms with van der Waals surface area (Å²) in [5.74, 6) is 1.73. The maximum absolute atomic E-state index is 13.6. The van der Waals surface area contributed by atoms with Crippen molar-refractivity contribution in [3.8, 4) is 0 Å². The Labute approximate surface area is 217 Å². The van der Waals surface area contributed by atoms with Crippen LogP contribution in [0.5, 0.6) is 0 Å². The maximum Gasteiger partial charge on any atom is 0.277 e. The summed E-state index contributed by atoms with van der Waals surface area (Å²) < 4.78 is 7.53. The van der Waals surface area contributed by atoms with Crippen LogP contribution in [0.15, 0.2) is 34.4 Å². The molecule has 0 unspecified atom stereocenters. The summed E-state index contributed by atoms with van der Waals surface area (Å²) in [6.07, 6.45) is 1.95. The van der Waals surface area contributed by atoms with E-state index in [-0.39, 0.29) is 11.5 Å². The van der Waals surface area contributed by atoms with Crippen molar-refractivity contribution in [1.29, 1.82) is 0 Å². The van der Waals surface area contributed by atoms with E-state index in [2.05, 4.69) is 54.1 Å². The molecule has 0 aliphatic heterocycles. The van der Waals surface area contributed by atoms with E-state index in [9.17, 15) is 9.59 Å². The van der Waals surface area contributed by atoms with Gasteiger partial charge in [-0.05, 0) is 54.3 Å². The number of aromatic nitrogens is 3. The highest BCUT2D eigenvalue weighted by molar-refractivity contribution is 14.1. The number of nitrogens with one attached hydrogen (secondary N) is 1. The molecule has 0 aliphatic carbocycles. The van der Waals surface area contributed by atoms with Gasteiger partial charge in [-0.1, -0.05) is 27.7 Å². The second-order valence-electron chi connectivity index (χ2n) is 9.58. The van der Waals surface area contributed by atoms with E-state index in [1.165, 1.54) is 11.3 Å². The van der Waals surface area contributed by atoms with E-state index < -0.39 is 0 Å². The fraction of sp³-hybridized carbons (Fsp3) is 0.480. The average Bonchev–Trinajstić information content (AvgIpc) is 3.39. The fourth-order valence-corrected chi connectivity index (χ4v) is 5.17. The van der Waals surface area contributed by atoms with Crippen LogP contribution in [-0.2, 0) is 6.54 Å². The third-order valence-electron chi connectivity index (χ3n) is 6.13. The summed E-state index contributed by atoms with van der Waals surface area (Å²) >= 11 is 3.54. The van der Waals surface area contributed by atoms with Crippen LogP contribution in [0, 0.1) is 11.8 Å². The Kier molecular flexibility index (Phi) is 7.94. The molecule has 7 nitrogen and oxygen atoms in total. The largest absolute Gasteiger partial charge is 0.339 e. The minimum absolute atomic E-state index is 0.0494. The molecule has 1 amide bonds. The van der Waals surface area contributed by atoms with E-state index in [0.29, 0.717) is 46.5 Å². The molecular formula is C25H32IN5O2S. The van der Waals surface area contributed by atoms with Crippen molar-refractivity contribution < 1.29 is 4.79 Å². The predicted molar refractivity (Wildman–Crippen MR) is 149 cm³/mol. The van der Waals surface area contributed by atoms with Crippen LogP contribution in [0.25, 0.3) is 27.0 Å². The molecule has 0 atom stereocenters. The Bertz CT molecular complexity index is 1360. The molecule has 182 valence electrons. The highest BCUT2D eigenvalue weighted by Crippen LogP contribution is 2.24. The van der Waals surface area contributed by atoms with Gasteiger partial charge in [0.25, 0.3) is 11.5 Å². The normalized spacial score (nSPS) is 12.1. The van der Waals surface area contributed by atoms with Gasteiger partial charge in [0.05, 0.1) is 16.6 Å². The van der Waals surface area contributed by atoms with Crippen LogP contribution in [0.3, 0.4) is 0 Å². The Hall–Kier alpha value is -1.98. The van der Waals surface area contributed by atoms with Crippen LogP contribution in [-0.4, -0.2) is 44.4 Å². The minimum atomic E-state index is -0.0595. The standard InChI is InChI=1S/C25H32IN5O2S/c1-16(2)7-11-29(12-8-17(3)4)23(32)18-5-6-20-21(15-18)30(13-10-27-26)25-28-19-9-14-34-22(19)24(33)31(20)25/h5-6,9,14-17,27H,7-8,10-13H2,1-4H3. The first-order valence-electron chi connectivity index (χ1n) is 11.9. The molecule has 0 saturated carbocycles. The summed E-state index contributed by atoms with van der Waals surface area (Å²) in [6.45, 7) is 11.6. The van der Waals surface area contributed by atoms with Crippen molar-refractivity contribution in [3.63, 3.8) is 0 Å². The number of carbonyl (C=O) groups is 1. The van der Waals surface area contributed by atoms with Gasteiger partial charge in [-0.15, -0.1) is 11.3 Å². The lowest BCUT2D eigenvalue weighted by Crippen LogP contribution is -2.34. The SMILES string of the molecule is CC(C)CCN(CCC(C)C)C(=O)c1ccc2c(c1)n(CCNI)c1nc3ccsc3c(=O)n21. The number of halogens is 1. The first kappa shape index (κ1) is 25.1. The summed E-state index contributed by atoms with van der Waals surface area (Å²) in [4.78, 5) is 33.7. The van der Waals surface area contributed by atoms with E-state index in [1.807, 2.05) is 39.1 Å². The van der Waals surface area contributed by atoms with Gasteiger partial charge < -0.3 is 9.47 Å². The number of imidazole rings is 1. The molecule has 0 aliphatic rings. The first-order chi connectivity index (χ1) is 16.3. The number of nitrogens with zero attached hydrogens (tertiary/aromatic N) is 4. The number of thiophene rings is 1. The zero-order valence-corrected chi connectivity index (χ0v) is 23.1. The van der Waals surface area contributed by atoms with Crippen LogP contribution in [0.2, 0.25) is 0 Å². The highest BCUT2D eigenvalue weighted by atomic mass is 127. The lowest BCUT2D eigenvalue weighted by molar-refractivity contribution is 0.0741. The van der Waals surface area contributed by atoms with E-state index in [0.717, 1.165) is 37.0 Å². The summed E-state index contributed by atoms with van der Waals surface area (Å²) in [5.41, 5.74) is 2.94. The smallest absolute Gasteiger partial charge is 0.277 e. The second-order valence-corrected chi connectivity index (χ2v) is 11.3. The number of amides is 1. The number of carbonyl (C=O) groups excluding carboxylic acids is 1. The van der Waals surface area contributed by atoms with Crippen LogP contribution >= 0.6 is 34.2 Å². The van der Waals surface area contributed by atoms with Crippen molar-refractivity contribution >= 4 is 67.1 Å². The van der Waals surface area contributed by atoms with Crippen molar-refractivity contribution in [2.45, 2.75) is 47.1 Å². The molecule has 1 N–H and O–H groups in total. The molecule has 9 heteroatoms. The maximum atomic E-state index is 13.6. The zero-order valence-electron chi connectivity index (χ0n) is 20.2. The van der Waals surface area contributed by atoms with Gasteiger partial charge in [0.15, 0.2) is 0 Å². The van der Waals surface area contributed by atoms with Gasteiger partial charge in [0.2, 0.25) is 5.78 Å². The number of hydrogen-bond donors (Lipinski definition) is 1. The quantitative estimate of drug-likeness (QED) is 0.199. The highest BCUT2D eigenvalue weighted by Gasteiger charge is 2.21. The molecule has 3 heterocycles. The molecule has 0 fully saturated rings. The van der Waals surface area contributed by atoms with Crippen LogP contribution in [0.4, 0.5) is 0 Å². The topological polar surface area (TPSA) is 71.6 Å². The van der Waals surface area contributed by atoms with Gasteiger partial charge in [-0.25, -0.2) is 9.38 Å². The van der Waals surface area contributed by atoms with E-state index in [4.69, 9.17) is 4.98 Å². The molecule has 4 aromatic rings. The van der Waals surface area contributed by atoms with Gasteiger partial charge in [-0.3, -0.25) is 13.1 Å². The van der Waals surface area contributed by atoms with Gasteiger partial charge in [0, 0.05) is 54.6 Å². The van der Waals surface area contributed by atoms with Crippen molar-refractivity contribution in [1.82, 2.24) is 22.4 Å². The Balaban J connectivity index is 1.82. The minimum Gasteiger partial charge on any atom is -0.339 e. The second kappa shape index (κ2) is 10.7. The molecule has 34 heavy (non-hydrogen) atoms. The van der Waals surface area contributed by atoms with Crippen molar-refractivity contribution in [2.24, 2.45) is 11.8 Å². The molecule has 3 aromatic heterocycles. The summed E-state index contributed by atoms with van der Waals surface area (Å²) in [7, 11) is 0. The Morgan fingerprint density at radius 3 is 2.47 bits per heavy atom. The lowest BCUT2D eigenvalue weighted by atomic mass is 10.1. The number of benzene rings is 1. The molecule has 0 radical (unpaired) electrons. The first-order valence-corrected chi connectivity index (χ1v) is 13.8. The third kappa shape index (κ3) is 5.01. The molecule has 4 rings (SSSR count). The number of hydrogen-bond acceptors (Lipinski definition) is 5. The van der Waals surface area contributed by atoms with Crippen LogP contribution < -0.4 is 9.09 Å². The zero-order chi connectivity index (χ0) is 24.4. The number of fused-ring (bicyclic) bond motifs is 4. The van der Waals surface area contributed by atoms with Gasteiger partial charge >= 0.3 is 0 Å². The van der Waals surface area contributed by atoms with Crippen LogP contribution in [0.1, 0.15) is 50.9 Å². The lowest BCUT2D eigenvalue weighted by Gasteiger charge is -2.24. The van der Waals surface area contributed by atoms with Gasteiger partial charge in [0.1, 0.15) is 4.70 Å². The summed E-state index contributed by atoms with van der Waals surface area (Å²) in [6, 6.07) is 7.57. The molecule has 0 saturated heterocycles. The van der Waals surface area contributed by atoms with E-state index in [1.54, 1.807) is 4.40 Å². The fourth-order valence-electron chi connectivity index (χ4n) is 4.17. The molecule has 0 spiro atoms. The Morgan fingerprint density at radius 1 is 1.12 bits per heavy atom. The average molecular weight is 594 g/mol. The van der Waals surface area contributed by atoms with E-state index >= 15 is 0 Å². The molecular weight excluding hydrogens is 561 g/mol. The number of rotatable bonds is 10. The summed E-state index contributed by atoms with van der Waals surface area (Å²) in [5, 5.41) is 1.90. The third-order valence-corrected chi connectivity index (χ3v) is 7.56. The van der Waals surface area contributed by atoms with Crippen molar-refractivity contribution in [3.05, 3.63) is 45.6 Å². The molecule has 1 aromatic carbocycles.